The van der Waals surface area contributed by atoms with Crippen LogP contribution < -0.4 is 4.74 Å². The molecule has 0 aliphatic rings. The van der Waals surface area contributed by atoms with Gasteiger partial charge in [-0.15, -0.1) is 11.3 Å². The van der Waals surface area contributed by atoms with E-state index in [0.717, 1.165) is 5.01 Å². The molecule has 6 nitrogen and oxygen atoms in total. The van der Waals surface area contributed by atoms with Crippen molar-refractivity contribution in [3.8, 4) is 5.88 Å². The normalized spacial score (nSPS) is 10.8. The predicted molar refractivity (Wildman–Crippen MR) is 58.1 cm³/mol. The van der Waals surface area contributed by atoms with Crippen LogP contribution in [0.4, 0.5) is 0 Å². The molecule has 1 N–H and O–H groups in total. The predicted octanol–water partition coefficient (Wildman–Crippen LogP) is 1.39. The second-order valence-corrected chi connectivity index (χ2v) is 3.97. The molecular weight excluding hydrogens is 226 g/mol. The first kappa shape index (κ1) is 9.22. The van der Waals surface area contributed by atoms with Crippen molar-refractivity contribution in [1.82, 2.24) is 24.9 Å². The number of nitrogens with zero attached hydrogens (tertiary/aromatic N) is 4. The van der Waals surface area contributed by atoms with E-state index in [-0.39, 0.29) is 0 Å². The molecule has 0 spiro atoms. The lowest BCUT2D eigenvalue weighted by atomic mass is 10.5. The summed E-state index contributed by atoms with van der Waals surface area (Å²) in [5.41, 5.74) is 1.31. The van der Waals surface area contributed by atoms with Gasteiger partial charge in [0.05, 0.1) is 6.33 Å². The lowest BCUT2D eigenvalue weighted by Gasteiger charge is -2.02. The highest BCUT2D eigenvalue weighted by Gasteiger charge is 2.07. The van der Waals surface area contributed by atoms with Gasteiger partial charge in [-0.25, -0.2) is 15.0 Å². The van der Waals surface area contributed by atoms with Gasteiger partial charge in [0, 0.05) is 11.6 Å². The third-order valence-electron chi connectivity index (χ3n) is 2.00. The number of aromatic nitrogens is 5. The first-order valence-electron chi connectivity index (χ1n) is 4.59. The molecule has 0 saturated carbocycles. The maximum absolute atomic E-state index is 5.55. The quantitative estimate of drug-likeness (QED) is 0.739. The molecule has 0 aliphatic carbocycles. The third-order valence-corrected chi connectivity index (χ3v) is 2.76. The second kappa shape index (κ2) is 3.86. The van der Waals surface area contributed by atoms with Gasteiger partial charge in [-0.3, -0.25) is 0 Å². The number of nitrogens with one attached hydrogen (secondary N) is 1. The number of rotatable bonds is 3. The second-order valence-electron chi connectivity index (χ2n) is 2.99. The molecule has 7 heteroatoms. The van der Waals surface area contributed by atoms with Crippen molar-refractivity contribution in [2.75, 3.05) is 0 Å². The average molecular weight is 233 g/mol. The molecule has 0 bridgehead atoms. The van der Waals surface area contributed by atoms with Crippen LogP contribution >= 0.6 is 11.3 Å². The van der Waals surface area contributed by atoms with Gasteiger partial charge in [-0.1, -0.05) is 0 Å². The van der Waals surface area contributed by atoms with Gasteiger partial charge in [0.2, 0.25) is 5.88 Å². The van der Waals surface area contributed by atoms with E-state index in [2.05, 4.69) is 24.9 Å². The molecule has 0 fully saturated rings. The van der Waals surface area contributed by atoms with Crippen molar-refractivity contribution in [1.29, 1.82) is 0 Å². The van der Waals surface area contributed by atoms with Crippen molar-refractivity contribution >= 4 is 22.5 Å². The summed E-state index contributed by atoms with van der Waals surface area (Å²) in [6.07, 6.45) is 4.74. The minimum atomic E-state index is 0.406. The number of H-pyrrole nitrogens is 1. The first-order chi connectivity index (χ1) is 7.93. The van der Waals surface area contributed by atoms with E-state index in [1.807, 2.05) is 5.38 Å². The molecule has 16 heavy (non-hydrogen) atoms. The minimum Gasteiger partial charge on any atom is -0.469 e. The zero-order valence-electron chi connectivity index (χ0n) is 8.12. The summed E-state index contributed by atoms with van der Waals surface area (Å²) in [5.74, 6) is 0.498. The Labute approximate surface area is 94.4 Å². The summed E-state index contributed by atoms with van der Waals surface area (Å²) in [6.45, 7) is 0.406. The highest BCUT2D eigenvalue weighted by atomic mass is 32.1. The lowest BCUT2D eigenvalue weighted by Crippen LogP contribution is -1.98. The molecule has 0 aromatic carbocycles. The average Bonchev–Trinajstić information content (AvgIpc) is 2.97. The Hall–Kier alpha value is -2.02. The van der Waals surface area contributed by atoms with Gasteiger partial charge < -0.3 is 9.72 Å². The summed E-state index contributed by atoms with van der Waals surface area (Å²) < 4.78 is 5.55. The van der Waals surface area contributed by atoms with Crippen molar-refractivity contribution in [2.45, 2.75) is 6.61 Å². The van der Waals surface area contributed by atoms with E-state index in [1.165, 1.54) is 6.33 Å². The van der Waals surface area contributed by atoms with Gasteiger partial charge in [0.1, 0.15) is 23.5 Å². The molecule has 0 radical (unpaired) electrons. The van der Waals surface area contributed by atoms with Crippen LogP contribution in [0.1, 0.15) is 5.01 Å². The zero-order chi connectivity index (χ0) is 10.8. The SMILES string of the molecule is c1csc(COc2ncnc3nc[nH]c23)n1. The van der Waals surface area contributed by atoms with Gasteiger partial charge in [0.25, 0.3) is 0 Å². The number of hydrogen-bond donors (Lipinski definition) is 1. The largest absolute Gasteiger partial charge is 0.469 e. The van der Waals surface area contributed by atoms with E-state index in [4.69, 9.17) is 4.74 Å². The Bertz CT molecular complexity index is 591. The number of ether oxygens (including phenoxy) is 1. The van der Waals surface area contributed by atoms with E-state index in [1.54, 1.807) is 23.9 Å². The lowest BCUT2D eigenvalue weighted by molar-refractivity contribution is 0.296. The molecule has 3 rings (SSSR count). The Balaban J connectivity index is 1.86. The topological polar surface area (TPSA) is 76.6 Å². The Kier molecular flexibility index (Phi) is 2.22. The zero-order valence-corrected chi connectivity index (χ0v) is 8.94. The van der Waals surface area contributed by atoms with Crippen LogP contribution in [0.5, 0.6) is 5.88 Å². The molecule has 0 unspecified atom stereocenters. The summed E-state index contributed by atoms with van der Waals surface area (Å²) in [5, 5.41) is 2.82. The number of thiazole rings is 1. The van der Waals surface area contributed by atoms with Gasteiger partial charge in [-0.2, -0.15) is 4.98 Å². The van der Waals surface area contributed by atoms with Crippen molar-refractivity contribution < 1.29 is 4.74 Å². The standard InChI is InChI=1S/C9H7N5OS/c1-2-16-6(10-1)3-15-9-7-8(12-4-11-7)13-5-14-9/h1-2,4-5H,3H2,(H,11,12,13,14). The molecule has 3 heterocycles. The number of fused-ring (bicyclic) bond motifs is 1. The van der Waals surface area contributed by atoms with Crippen LogP contribution in [0, 0.1) is 0 Å². The van der Waals surface area contributed by atoms with Crippen LogP contribution in [0.2, 0.25) is 0 Å². The summed E-state index contributed by atoms with van der Waals surface area (Å²) in [7, 11) is 0. The fourth-order valence-corrected chi connectivity index (χ4v) is 1.83. The number of imidazole rings is 1. The molecule has 3 aromatic heterocycles. The Morgan fingerprint density at radius 1 is 1.25 bits per heavy atom. The fraction of sp³-hybridized carbons (Fsp3) is 0.111. The minimum absolute atomic E-state index is 0.406. The van der Waals surface area contributed by atoms with Crippen molar-refractivity contribution in [3.05, 3.63) is 29.2 Å². The van der Waals surface area contributed by atoms with Crippen LogP contribution in [0.15, 0.2) is 24.2 Å². The summed E-state index contributed by atoms with van der Waals surface area (Å²) >= 11 is 1.54. The first-order valence-corrected chi connectivity index (χ1v) is 5.47. The van der Waals surface area contributed by atoms with Crippen LogP contribution in [0.25, 0.3) is 11.2 Å². The van der Waals surface area contributed by atoms with E-state index >= 15 is 0 Å². The summed E-state index contributed by atoms with van der Waals surface area (Å²) in [4.78, 5) is 19.1. The molecule has 3 aromatic rings. The maximum Gasteiger partial charge on any atom is 0.243 e. The maximum atomic E-state index is 5.55. The van der Waals surface area contributed by atoms with Crippen molar-refractivity contribution in [2.24, 2.45) is 0 Å². The fourth-order valence-electron chi connectivity index (χ4n) is 1.31. The monoisotopic (exact) mass is 233 g/mol. The number of hydrogen-bond acceptors (Lipinski definition) is 6. The van der Waals surface area contributed by atoms with E-state index in [9.17, 15) is 0 Å². The molecule has 0 atom stereocenters. The van der Waals surface area contributed by atoms with Crippen LogP contribution in [-0.4, -0.2) is 24.9 Å². The number of aromatic amines is 1. The van der Waals surface area contributed by atoms with E-state index in [0.29, 0.717) is 23.7 Å². The van der Waals surface area contributed by atoms with Gasteiger partial charge in [0.15, 0.2) is 5.65 Å². The Morgan fingerprint density at radius 3 is 3.12 bits per heavy atom. The smallest absolute Gasteiger partial charge is 0.243 e. The molecule has 0 aliphatic heterocycles. The Morgan fingerprint density at radius 2 is 2.25 bits per heavy atom. The molecular formula is C9H7N5OS. The molecule has 0 amide bonds. The van der Waals surface area contributed by atoms with Crippen LogP contribution in [0.3, 0.4) is 0 Å². The van der Waals surface area contributed by atoms with Crippen molar-refractivity contribution in [3.63, 3.8) is 0 Å². The molecule has 80 valence electrons. The summed E-state index contributed by atoms with van der Waals surface area (Å²) in [6, 6.07) is 0. The third kappa shape index (κ3) is 1.61. The highest BCUT2D eigenvalue weighted by Crippen LogP contribution is 2.18. The van der Waals surface area contributed by atoms with Gasteiger partial charge >= 0.3 is 0 Å². The van der Waals surface area contributed by atoms with Gasteiger partial charge in [-0.05, 0) is 0 Å². The van der Waals surface area contributed by atoms with E-state index < -0.39 is 0 Å². The highest BCUT2D eigenvalue weighted by molar-refractivity contribution is 7.09. The van der Waals surface area contributed by atoms with Crippen LogP contribution in [-0.2, 0) is 6.61 Å². The molecule has 0 saturated heterocycles.